The second kappa shape index (κ2) is 7.57. The van der Waals surface area contributed by atoms with Crippen molar-refractivity contribution in [3.05, 3.63) is 34.6 Å². The zero-order valence-electron chi connectivity index (χ0n) is 12.8. The molecule has 9 heteroatoms. The summed E-state index contributed by atoms with van der Waals surface area (Å²) in [5, 5.41) is 2.71. The average molecular weight is 364 g/mol. The Morgan fingerprint density at radius 1 is 1.30 bits per heavy atom. The van der Waals surface area contributed by atoms with Gasteiger partial charge in [-0.05, 0) is 12.1 Å². The van der Waals surface area contributed by atoms with Crippen LogP contribution in [0.15, 0.2) is 18.2 Å². The lowest BCUT2D eigenvalue weighted by Crippen LogP contribution is -2.49. The molecular weight excluding hydrogens is 345 g/mol. The fourth-order valence-corrected chi connectivity index (χ4v) is 3.49. The smallest absolute Gasteiger partial charge is 0.255 e. The van der Waals surface area contributed by atoms with Crippen LogP contribution in [0.2, 0.25) is 5.02 Å². The van der Waals surface area contributed by atoms with Crippen LogP contribution in [0.4, 0.5) is 4.39 Å². The number of amides is 1. The standard InChI is InChI=1S/C14H19ClFN3O3S/c1-23(21,22)19-9-7-18(8-10-19)6-5-17-14(20)13-11(15)3-2-4-12(13)16/h2-4H,5-10H2,1H3,(H,17,20). The third kappa shape index (κ3) is 4.87. The van der Waals surface area contributed by atoms with Crippen molar-refractivity contribution in [2.75, 3.05) is 45.5 Å². The number of nitrogens with one attached hydrogen (secondary N) is 1. The van der Waals surface area contributed by atoms with Gasteiger partial charge in [0.15, 0.2) is 0 Å². The lowest BCUT2D eigenvalue weighted by Gasteiger charge is -2.33. The monoisotopic (exact) mass is 363 g/mol. The van der Waals surface area contributed by atoms with Gasteiger partial charge in [0.1, 0.15) is 5.82 Å². The SMILES string of the molecule is CS(=O)(=O)N1CCN(CCNC(=O)c2c(F)cccc2Cl)CC1. The van der Waals surface area contributed by atoms with Gasteiger partial charge in [-0.1, -0.05) is 17.7 Å². The number of carbonyl (C=O) groups is 1. The van der Waals surface area contributed by atoms with E-state index in [0.717, 1.165) is 0 Å². The molecule has 0 aliphatic carbocycles. The Kier molecular flexibility index (Phi) is 5.96. The van der Waals surface area contributed by atoms with Crippen molar-refractivity contribution < 1.29 is 17.6 Å². The highest BCUT2D eigenvalue weighted by atomic mass is 35.5. The van der Waals surface area contributed by atoms with Crippen LogP contribution in [0.3, 0.4) is 0 Å². The molecule has 1 aromatic rings. The summed E-state index contributed by atoms with van der Waals surface area (Å²) < 4.78 is 37.9. The highest BCUT2D eigenvalue weighted by molar-refractivity contribution is 7.88. The molecule has 1 saturated heterocycles. The molecule has 23 heavy (non-hydrogen) atoms. The number of rotatable bonds is 5. The van der Waals surface area contributed by atoms with Crippen LogP contribution in [0, 0.1) is 5.82 Å². The van der Waals surface area contributed by atoms with Gasteiger partial charge in [0.05, 0.1) is 16.8 Å². The predicted molar refractivity (Wildman–Crippen MR) is 86.6 cm³/mol. The Labute approximate surface area is 140 Å². The minimum absolute atomic E-state index is 0.0734. The number of halogens is 2. The third-order valence-electron chi connectivity index (χ3n) is 3.70. The Morgan fingerprint density at radius 3 is 2.52 bits per heavy atom. The van der Waals surface area contributed by atoms with E-state index in [1.807, 2.05) is 4.90 Å². The number of piperazine rings is 1. The maximum atomic E-state index is 13.6. The Bertz CT molecular complexity index is 656. The van der Waals surface area contributed by atoms with Crippen molar-refractivity contribution in [1.29, 1.82) is 0 Å². The molecule has 0 radical (unpaired) electrons. The zero-order valence-corrected chi connectivity index (χ0v) is 14.3. The Balaban J connectivity index is 1.79. The van der Waals surface area contributed by atoms with E-state index in [1.165, 1.54) is 28.8 Å². The molecule has 0 atom stereocenters. The van der Waals surface area contributed by atoms with Crippen LogP contribution < -0.4 is 5.32 Å². The molecule has 0 bridgehead atoms. The molecule has 6 nitrogen and oxygen atoms in total. The van der Waals surface area contributed by atoms with E-state index >= 15 is 0 Å². The molecule has 1 aliphatic heterocycles. The highest BCUT2D eigenvalue weighted by Gasteiger charge is 2.23. The summed E-state index contributed by atoms with van der Waals surface area (Å²) in [7, 11) is -3.15. The molecule has 1 aromatic carbocycles. The molecule has 0 spiro atoms. The minimum Gasteiger partial charge on any atom is -0.351 e. The quantitative estimate of drug-likeness (QED) is 0.839. The van der Waals surface area contributed by atoms with Gasteiger partial charge in [-0.15, -0.1) is 0 Å². The normalized spacial score (nSPS) is 17.2. The summed E-state index contributed by atoms with van der Waals surface area (Å²) in [6.07, 6.45) is 1.20. The first kappa shape index (κ1) is 18.1. The van der Waals surface area contributed by atoms with Crippen LogP contribution >= 0.6 is 11.6 Å². The van der Waals surface area contributed by atoms with Crippen molar-refractivity contribution in [3.63, 3.8) is 0 Å². The topological polar surface area (TPSA) is 69.7 Å². The number of sulfonamides is 1. The number of hydrogen-bond acceptors (Lipinski definition) is 4. The summed E-state index contributed by atoms with van der Waals surface area (Å²) in [5.41, 5.74) is -0.156. The lowest BCUT2D eigenvalue weighted by molar-refractivity contribution is 0.0941. The second-order valence-corrected chi connectivity index (χ2v) is 7.75. The summed E-state index contributed by atoms with van der Waals surface area (Å²) >= 11 is 5.84. The maximum absolute atomic E-state index is 13.6. The van der Waals surface area contributed by atoms with Gasteiger partial charge >= 0.3 is 0 Å². The van der Waals surface area contributed by atoms with Gasteiger partial charge in [-0.3, -0.25) is 9.69 Å². The van der Waals surface area contributed by atoms with Crippen molar-refractivity contribution in [2.45, 2.75) is 0 Å². The van der Waals surface area contributed by atoms with Gasteiger partial charge in [0, 0.05) is 39.3 Å². The van der Waals surface area contributed by atoms with E-state index in [4.69, 9.17) is 11.6 Å². The molecular formula is C14H19ClFN3O3S. The van der Waals surface area contributed by atoms with E-state index in [9.17, 15) is 17.6 Å². The predicted octanol–water partition coefficient (Wildman–Crippen LogP) is 0.786. The Hall–Kier alpha value is -1.22. The molecule has 128 valence electrons. The van der Waals surface area contributed by atoms with Crippen molar-refractivity contribution in [3.8, 4) is 0 Å². The van der Waals surface area contributed by atoms with Gasteiger partial charge in [-0.25, -0.2) is 12.8 Å². The van der Waals surface area contributed by atoms with Crippen LogP contribution in [0.5, 0.6) is 0 Å². The molecule has 1 fully saturated rings. The number of carbonyl (C=O) groups excluding carboxylic acids is 1. The molecule has 1 heterocycles. The molecule has 0 saturated carbocycles. The fourth-order valence-electron chi connectivity index (χ4n) is 2.42. The number of hydrogen-bond donors (Lipinski definition) is 1. The van der Waals surface area contributed by atoms with E-state index in [1.54, 1.807) is 0 Å². The summed E-state index contributed by atoms with van der Waals surface area (Å²) in [6, 6.07) is 4.09. The van der Waals surface area contributed by atoms with Crippen molar-refractivity contribution in [1.82, 2.24) is 14.5 Å². The zero-order chi connectivity index (χ0) is 17.0. The first-order chi connectivity index (χ1) is 10.8. The van der Waals surface area contributed by atoms with Crippen LogP contribution in [-0.4, -0.2) is 69.1 Å². The first-order valence-corrected chi connectivity index (χ1v) is 9.41. The van der Waals surface area contributed by atoms with Crippen molar-refractivity contribution in [2.24, 2.45) is 0 Å². The minimum atomic E-state index is -3.15. The maximum Gasteiger partial charge on any atom is 0.255 e. The van der Waals surface area contributed by atoms with Gasteiger partial charge in [0.2, 0.25) is 10.0 Å². The number of benzene rings is 1. The second-order valence-electron chi connectivity index (χ2n) is 5.36. The van der Waals surface area contributed by atoms with E-state index in [-0.39, 0.29) is 10.6 Å². The van der Waals surface area contributed by atoms with Crippen LogP contribution in [0.1, 0.15) is 10.4 Å². The van der Waals surface area contributed by atoms with Crippen LogP contribution in [0.25, 0.3) is 0 Å². The summed E-state index contributed by atoms with van der Waals surface area (Å²) in [4.78, 5) is 14.0. The summed E-state index contributed by atoms with van der Waals surface area (Å²) in [6.45, 7) is 2.97. The molecule has 1 N–H and O–H groups in total. The lowest BCUT2D eigenvalue weighted by atomic mass is 10.2. The number of nitrogens with zero attached hydrogens (tertiary/aromatic N) is 2. The average Bonchev–Trinajstić information content (AvgIpc) is 2.46. The Morgan fingerprint density at radius 2 is 1.96 bits per heavy atom. The highest BCUT2D eigenvalue weighted by Crippen LogP contribution is 2.18. The third-order valence-corrected chi connectivity index (χ3v) is 5.32. The first-order valence-electron chi connectivity index (χ1n) is 7.18. The van der Waals surface area contributed by atoms with Gasteiger partial charge in [0.25, 0.3) is 5.91 Å². The molecule has 0 aromatic heterocycles. The summed E-state index contributed by atoms with van der Waals surface area (Å²) in [5.74, 6) is -1.21. The van der Waals surface area contributed by atoms with E-state index < -0.39 is 21.7 Å². The van der Waals surface area contributed by atoms with Crippen molar-refractivity contribution >= 4 is 27.5 Å². The van der Waals surface area contributed by atoms with Gasteiger partial charge < -0.3 is 5.32 Å². The van der Waals surface area contributed by atoms with E-state index in [2.05, 4.69) is 5.32 Å². The molecule has 2 rings (SSSR count). The molecule has 1 aliphatic rings. The van der Waals surface area contributed by atoms with E-state index in [0.29, 0.717) is 39.3 Å². The van der Waals surface area contributed by atoms with Crippen LogP contribution in [-0.2, 0) is 10.0 Å². The largest absolute Gasteiger partial charge is 0.351 e. The molecule has 1 amide bonds. The fraction of sp³-hybridized carbons (Fsp3) is 0.500. The molecule has 0 unspecified atom stereocenters. The van der Waals surface area contributed by atoms with Gasteiger partial charge in [-0.2, -0.15) is 4.31 Å².